The number of nitrogens with zero attached hydrogens (tertiary/aromatic N) is 1. The fourth-order valence-corrected chi connectivity index (χ4v) is 1.83. The van der Waals surface area contributed by atoms with Gasteiger partial charge in [0.1, 0.15) is 0 Å². The standard InChI is InChI=1S/C14H24N2/c1-4-15-11-13-9-7-8-10-14(13)12-16(5-2)6-3/h7-10,15H,4-6,11-12H2,1-3H3. The molecule has 90 valence electrons. The van der Waals surface area contributed by atoms with E-state index in [0.29, 0.717) is 0 Å². The lowest BCUT2D eigenvalue weighted by molar-refractivity contribution is 0.295. The first-order chi connectivity index (χ1) is 7.81. The van der Waals surface area contributed by atoms with Crippen LogP contribution in [0.15, 0.2) is 24.3 Å². The minimum atomic E-state index is 0.980. The average molecular weight is 220 g/mol. The maximum Gasteiger partial charge on any atom is 0.0236 e. The third-order valence-electron chi connectivity index (χ3n) is 2.97. The maximum atomic E-state index is 3.40. The van der Waals surface area contributed by atoms with Gasteiger partial charge in [0.25, 0.3) is 0 Å². The van der Waals surface area contributed by atoms with Crippen LogP contribution in [0, 0.1) is 0 Å². The number of nitrogens with one attached hydrogen (secondary N) is 1. The normalized spacial score (nSPS) is 11.0. The molecular formula is C14H24N2. The molecule has 0 aliphatic rings. The van der Waals surface area contributed by atoms with E-state index in [-0.39, 0.29) is 0 Å². The van der Waals surface area contributed by atoms with E-state index in [1.807, 2.05) is 0 Å². The van der Waals surface area contributed by atoms with Crippen molar-refractivity contribution >= 4 is 0 Å². The smallest absolute Gasteiger partial charge is 0.0236 e. The Morgan fingerprint density at radius 2 is 1.62 bits per heavy atom. The van der Waals surface area contributed by atoms with Crippen LogP contribution in [0.25, 0.3) is 0 Å². The Morgan fingerprint density at radius 1 is 1.00 bits per heavy atom. The van der Waals surface area contributed by atoms with Crippen molar-refractivity contribution in [2.24, 2.45) is 0 Å². The van der Waals surface area contributed by atoms with E-state index < -0.39 is 0 Å². The van der Waals surface area contributed by atoms with Gasteiger partial charge in [-0.1, -0.05) is 45.0 Å². The first kappa shape index (κ1) is 13.2. The molecule has 0 aliphatic carbocycles. The van der Waals surface area contributed by atoms with Crippen LogP contribution in [0.2, 0.25) is 0 Å². The second-order valence-electron chi connectivity index (χ2n) is 4.01. The van der Waals surface area contributed by atoms with E-state index in [1.165, 1.54) is 11.1 Å². The third kappa shape index (κ3) is 3.95. The lowest BCUT2D eigenvalue weighted by Gasteiger charge is -2.20. The minimum absolute atomic E-state index is 0.980. The van der Waals surface area contributed by atoms with E-state index in [2.05, 4.69) is 55.3 Å². The Balaban J connectivity index is 2.69. The molecule has 0 saturated heterocycles. The molecule has 0 fully saturated rings. The van der Waals surface area contributed by atoms with Gasteiger partial charge in [-0.3, -0.25) is 4.90 Å². The monoisotopic (exact) mass is 220 g/mol. The summed E-state index contributed by atoms with van der Waals surface area (Å²) in [7, 11) is 0. The van der Waals surface area contributed by atoms with Gasteiger partial charge in [0.15, 0.2) is 0 Å². The van der Waals surface area contributed by atoms with E-state index in [0.717, 1.165) is 32.7 Å². The molecule has 0 heterocycles. The summed E-state index contributed by atoms with van der Waals surface area (Å²) in [6, 6.07) is 8.72. The highest BCUT2D eigenvalue weighted by Crippen LogP contribution is 2.11. The molecule has 0 spiro atoms. The summed E-state index contributed by atoms with van der Waals surface area (Å²) < 4.78 is 0. The largest absolute Gasteiger partial charge is 0.313 e. The van der Waals surface area contributed by atoms with E-state index >= 15 is 0 Å². The maximum absolute atomic E-state index is 3.40. The molecule has 0 saturated carbocycles. The summed E-state index contributed by atoms with van der Waals surface area (Å²) in [6.45, 7) is 11.9. The second-order valence-corrected chi connectivity index (χ2v) is 4.01. The van der Waals surface area contributed by atoms with Crippen molar-refractivity contribution in [3.63, 3.8) is 0 Å². The van der Waals surface area contributed by atoms with Crippen molar-refractivity contribution in [3.05, 3.63) is 35.4 Å². The Hall–Kier alpha value is -0.860. The summed E-state index contributed by atoms with van der Waals surface area (Å²) >= 11 is 0. The lowest BCUT2D eigenvalue weighted by atomic mass is 10.1. The summed E-state index contributed by atoms with van der Waals surface area (Å²) in [6.07, 6.45) is 0. The molecule has 1 N–H and O–H groups in total. The predicted molar refractivity (Wildman–Crippen MR) is 70.4 cm³/mol. The van der Waals surface area contributed by atoms with Gasteiger partial charge < -0.3 is 5.32 Å². The molecule has 1 rings (SSSR count). The Morgan fingerprint density at radius 3 is 2.19 bits per heavy atom. The lowest BCUT2D eigenvalue weighted by Crippen LogP contribution is -2.23. The first-order valence-electron chi connectivity index (χ1n) is 6.31. The molecule has 0 amide bonds. The van der Waals surface area contributed by atoms with Crippen LogP contribution in [-0.4, -0.2) is 24.5 Å². The van der Waals surface area contributed by atoms with Gasteiger partial charge >= 0.3 is 0 Å². The van der Waals surface area contributed by atoms with Gasteiger partial charge in [-0.05, 0) is 30.8 Å². The predicted octanol–water partition coefficient (Wildman–Crippen LogP) is 2.64. The average Bonchev–Trinajstić information content (AvgIpc) is 2.34. The van der Waals surface area contributed by atoms with Crippen molar-refractivity contribution in [2.45, 2.75) is 33.9 Å². The molecule has 0 unspecified atom stereocenters. The molecular weight excluding hydrogens is 196 g/mol. The molecule has 0 bridgehead atoms. The number of benzene rings is 1. The fraction of sp³-hybridized carbons (Fsp3) is 0.571. The Kier molecular flexibility index (Phi) is 6.12. The zero-order chi connectivity index (χ0) is 11.8. The molecule has 0 radical (unpaired) electrons. The highest BCUT2D eigenvalue weighted by atomic mass is 15.1. The molecule has 1 aromatic carbocycles. The van der Waals surface area contributed by atoms with Crippen molar-refractivity contribution in [1.82, 2.24) is 10.2 Å². The van der Waals surface area contributed by atoms with Gasteiger partial charge in [-0.15, -0.1) is 0 Å². The quantitative estimate of drug-likeness (QED) is 0.760. The van der Waals surface area contributed by atoms with Crippen molar-refractivity contribution in [3.8, 4) is 0 Å². The first-order valence-corrected chi connectivity index (χ1v) is 6.31. The van der Waals surface area contributed by atoms with E-state index in [1.54, 1.807) is 0 Å². The van der Waals surface area contributed by atoms with Gasteiger partial charge in [-0.25, -0.2) is 0 Å². The Bertz CT molecular complexity index is 293. The number of rotatable bonds is 7. The van der Waals surface area contributed by atoms with Crippen LogP contribution in [0.1, 0.15) is 31.9 Å². The summed E-state index contributed by atoms with van der Waals surface area (Å²) in [5, 5.41) is 3.40. The molecule has 0 atom stereocenters. The van der Waals surface area contributed by atoms with Crippen LogP contribution >= 0.6 is 0 Å². The SMILES string of the molecule is CCNCc1ccccc1CN(CC)CC. The molecule has 2 heteroatoms. The van der Waals surface area contributed by atoms with E-state index in [4.69, 9.17) is 0 Å². The molecule has 16 heavy (non-hydrogen) atoms. The van der Waals surface area contributed by atoms with Crippen LogP contribution in [0.4, 0.5) is 0 Å². The van der Waals surface area contributed by atoms with Crippen molar-refractivity contribution < 1.29 is 0 Å². The van der Waals surface area contributed by atoms with Crippen molar-refractivity contribution in [2.75, 3.05) is 19.6 Å². The highest BCUT2D eigenvalue weighted by Gasteiger charge is 2.05. The number of hydrogen-bond acceptors (Lipinski definition) is 2. The van der Waals surface area contributed by atoms with Crippen LogP contribution in [-0.2, 0) is 13.1 Å². The minimum Gasteiger partial charge on any atom is -0.313 e. The highest BCUT2D eigenvalue weighted by molar-refractivity contribution is 5.26. The van der Waals surface area contributed by atoms with Crippen LogP contribution in [0.5, 0.6) is 0 Å². The second kappa shape index (κ2) is 7.42. The van der Waals surface area contributed by atoms with Crippen LogP contribution in [0.3, 0.4) is 0 Å². The molecule has 1 aromatic rings. The zero-order valence-corrected chi connectivity index (χ0v) is 10.8. The molecule has 0 aromatic heterocycles. The van der Waals surface area contributed by atoms with Crippen LogP contribution < -0.4 is 5.32 Å². The summed E-state index contributed by atoms with van der Waals surface area (Å²) in [5.41, 5.74) is 2.88. The van der Waals surface area contributed by atoms with Gasteiger partial charge in [0, 0.05) is 13.1 Å². The molecule has 2 nitrogen and oxygen atoms in total. The van der Waals surface area contributed by atoms with Gasteiger partial charge in [0.05, 0.1) is 0 Å². The fourth-order valence-electron chi connectivity index (χ4n) is 1.83. The van der Waals surface area contributed by atoms with Gasteiger partial charge in [0.2, 0.25) is 0 Å². The Labute approximate surface area is 99.7 Å². The topological polar surface area (TPSA) is 15.3 Å². The van der Waals surface area contributed by atoms with Gasteiger partial charge in [-0.2, -0.15) is 0 Å². The van der Waals surface area contributed by atoms with Crippen molar-refractivity contribution in [1.29, 1.82) is 0 Å². The summed E-state index contributed by atoms with van der Waals surface area (Å²) in [5.74, 6) is 0. The number of hydrogen-bond donors (Lipinski definition) is 1. The third-order valence-corrected chi connectivity index (χ3v) is 2.97. The molecule has 0 aliphatic heterocycles. The summed E-state index contributed by atoms with van der Waals surface area (Å²) in [4.78, 5) is 2.45. The zero-order valence-electron chi connectivity index (χ0n) is 10.8. The van der Waals surface area contributed by atoms with E-state index in [9.17, 15) is 0 Å².